The molecule has 0 unspecified atom stereocenters. The minimum atomic E-state index is -4.94. The average Bonchev–Trinajstić information content (AvgIpc) is 2.96. The predicted octanol–water partition coefficient (Wildman–Crippen LogP) is -18.5. The Balaban J connectivity index is -0.000000240. The fraction of sp³-hybridized carbons (Fsp3) is 1.00. The molecule has 0 aliphatic carbocycles. The zero-order valence-electron chi connectivity index (χ0n) is 27.4. The maximum atomic E-state index is 8.49. The molecule has 0 atom stereocenters. The monoisotopic (exact) mass is 904 g/mol. The third-order valence-electron chi connectivity index (χ3n) is 6.37. The topological polar surface area (TPSA) is 388 Å². The van der Waals surface area contributed by atoms with Crippen LogP contribution in [-0.4, -0.2) is 149 Å². The summed E-state index contributed by atoms with van der Waals surface area (Å²) < 4.78 is 136. The molecule has 2 aliphatic rings. The Bertz CT molecular complexity index is 615. The van der Waals surface area contributed by atoms with Gasteiger partial charge in [0.25, 0.3) is 0 Å². The molecular formula is C21H46Cl4Cu2N6O16. The van der Waals surface area contributed by atoms with Crippen LogP contribution >= 0.6 is 0 Å². The normalized spacial score (nSPS) is 18.9. The number of unbranched alkanes of at least 4 members (excludes halogenated alkanes) is 2. The molecule has 0 N–H and O–H groups in total. The molecule has 0 spiro atoms. The van der Waals surface area contributed by atoms with Crippen molar-refractivity contribution in [2.24, 2.45) is 0 Å². The van der Waals surface area contributed by atoms with E-state index in [-0.39, 0.29) is 34.1 Å². The van der Waals surface area contributed by atoms with Crippen molar-refractivity contribution in [2.75, 3.05) is 120 Å². The minimum Gasteiger partial charge on any atom is -0.304 e. The Labute approximate surface area is 316 Å². The first-order valence-electron chi connectivity index (χ1n) is 13.7. The molecular weight excluding hydrogens is 861 g/mol. The molecule has 28 heteroatoms. The Morgan fingerprint density at radius 3 is 0.612 bits per heavy atom. The van der Waals surface area contributed by atoms with Gasteiger partial charge in [0, 0.05) is 78.5 Å². The predicted molar refractivity (Wildman–Crippen MR) is 117 cm³/mol. The van der Waals surface area contributed by atoms with Crippen LogP contribution in [0.1, 0.15) is 19.3 Å². The average molecular weight is 908 g/mol. The van der Waals surface area contributed by atoms with E-state index in [0.717, 1.165) is 0 Å². The van der Waals surface area contributed by atoms with Gasteiger partial charge in [-0.1, -0.05) is 6.42 Å². The van der Waals surface area contributed by atoms with Gasteiger partial charge in [-0.25, -0.2) is 74.5 Å². The van der Waals surface area contributed by atoms with E-state index in [0.29, 0.717) is 0 Å². The summed E-state index contributed by atoms with van der Waals surface area (Å²) in [4.78, 5) is 15.3. The van der Waals surface area contributed by atoms with Gasteiger partial charge in [-0.2, -0.15) is 0 Å². The van der Waals surface area contributed by atoms with Crippen molar-refractivity contribution in [3.63, 3.8) is 0 Å². The second-order valence-corrected chi connectivity index (χ2v) is 13.5. The molecule has 0 bridgehead atoms. The minimum absolute atomic E-state index is 0. The van der Waals surface area contributed by atoms with Crippen molar-refractivity contribution in [1.82, 2.24) is 29.4 Å². The fourth-order valence-electron chi connectivity index (χ4n) is 3.90. The molecule has 22 nitrogen and oxygen atoms in total. The van der Waals surface area contributed by atoms with Crippen molar-refractivity contribution in [1.29, 1.82) is 0 Å². The molecule has 49 heavy (non-hydrogen) atoms. The van der Waals surface area contributed by atoms with Gasteiger partial charge in [-0.15, -0.1) is 41.0 Å². The first-order chi connectivity index (χ1) is 21.0. The van der Waals surface area contributed by atoms with Gasteiger partial charge < -0.3 is 29.4 Å². The summed E-state index contributed by atoms with van der Waals surface area (Å²) in [5.41, 5.74) is 0. The van der Waals surface area contributed by atoms with Crippen LogP contribution in [0.5, 0.6) is 0 Å². The van der Waals surface area contributed by atoms with Crippen molar-refractivity contribution in [2.45, 2.75) is 19.3 Å². The third-order valence-corrected chi connectivity index (χ3v) is 6.37. The van der Waals surface area contributed by atoms with E-state index in [1.165, 1.54) is 111 Å². The van der Waals surface area contributed by atoms with Gasteiger partial charge in [0.1, 0.15) is 0 Å². The Morgan fingerprint density at radius 2 is 0.449 bits per heavy atom. The van der Waals surface area contributed by atoms with Gasteiger partial charge in [0.2, 0.25) is 0 Å². The first-order valence-corrected chi connectivity index (χ1v) is 18.6. The molecule has 0 aromatic heterocycles. The number of likely N-dealkylation sites (N-methyl/N-ethyl adjacent to an activating group) is 4. The molecule has 0 amide bonds. The van der Waals surface area contributed by atoms with Gasteiger partial charge in [0.05, 0.1) is 0 Å². The molecule has 0 aromatic rings. The second kappa shape index (κ2) is 31.6. The van der Waals surface area contributed by atoms with Crippen molar-refractivity contribution in [3.8, 4) is 0 Å². The third kappa shape index (κ3) is 71.4. The fourth-order valence-corrected chi connectivity index (χ4v) is 3.90. The van der Waals surface area contributed by atoms with E-state index in [9.17, 15) is 0 Å². The molecule has 2 rings (SSSR count). The van der Waals surface area contributed by atoms with Crippen LogP contribution in [0.25, 0.3) is 0 Å². The summed E-state index contributed by atoms with van der Waals surface area (Å²) in [6, 6.07) is 0. The van der Waals surface area contributed by atoms with Crippen LogP contribution in [0.2, 0.25) is 0 Å². The van der Waals surface area contributed by atoms with Crippen LogP contribution < -0.4 is 74.5 Å². The molecule has 2 radical (unpaired) electrons. The largest absolute Gasteiger partial charge is 2.00 e. The quantitative estimate of drug-likeness (QED) is 0.176. The number of hydrogen-bond acceptors (Lipinski definition) is 22. The van der Waals surface area contributed by atoms with Crippen LogP contribution in [-0.2, 0) is 34.1 Å². The van der Waals surface area contributed by atoms with Crippen molar-refractivity contribution < 1.29 is 150 Å². The van der Waals surface area contributed by atoms with Crippen molar-refractivity contribution in [3.05, 3.63) is 0 Å². The maximum Gasteiger partial charge on any atom is 2.00 e. The molecule has 0 aromatic carbocycles. The van der Waals surface area contributed by atoms with Crippen molar-refractivity contribution >= 4 is 0 Å². The zero-order chi connectivity index (χ0) is 37.5. The molecule has 2 heterocycles. The smallest absolute Gasteiger partial charge is 0.304 e. The summed E-state index contributed by atoms with van der Waals surface area (Å²) in [6.45, 7) is 17.1. The Kier molecular flexibility index (Phi) is 38.5. The zero-order valence-corrected chi connectivity index (χ0v) is 32.3. The van der Waals surface area contributed by atoms with Gasteiger partial charge in [0.15, 0.2) is 0 Å². The number of nitrogens with zero attached hydrogens (tertiary/aromatic N) is 6. The maximum absolute atomic E-state index is 8.49. The standard InChI is InChI=1S/C21H46N6.4ClHO4.2Cu/c1-22-10-11-23(2)15-19-26(18-14-22)8-6-5-7-9-27-20-16-24(3)12-13-25(4)17-21-27;4*2-1(3,4)5;;/h5-21H2,1-4H3;4*(H,2,3,4,5);;/q;;;;;2*+2/p-4. The van der Waals surface area contributed by atoms with Gasteiger partial charge in [-0.05, 0) is 54.1 Å². The van der Waals surface area contributed by atoms with Crippen LogP contribution in [0.15, 0.2) is 0 Å². The molecule has 306 valence electrons. The summed E-state index contributed by atoms with van der Waals surface area (Å²) in [6.07, 6.45) is 4.06. The molecule has 2 aliphatic heterocycles. The summed E-state index contributed by atoms with van der Waals surface area (Å²) in [7, 11) is -10.7. The number of rotatable bonds is 6. The van der Waals surface area contributed by atoms with E-state index in [1.54, 1.807) is 0 Å². The summed E-state index contributed by atoms with van der Waals surface area (Å²) in [5.74, 6) is 0. The summed E-state index contributed by atoms with van der Waals surface area (Å²) >= 11 is 0. The molecule has 0 saturated carbocycles. The van der Waals surface area contributed by atoms with Crippen LogP contribution in [0, 0.1) is 41.0 Å². The first kappa shape index (κ1) is 59.6. The van der Waals surface area contributed by atoms with Crippen LogP contribution in [0.4, 0.5) is 0 Å². The number of halogens is 4. The van der Waals surface area contributed by atoms with E-state index in [4.69, 9.17) is 74.5 Å². The number of hydrogen-bond donors (Lipinski definition) is 0. The van der Waals surface area contributed by atoms with Gasteiger partial charge >= 0.3 is 34.1 Å². The SMILES string of the molecule is CN1CCN(C)CCN(CCCCCN2CCN(C)CCN(C)CC2)CC1.[Cu+2].[Cu+2].[O-][Cl+3]([O-])([O-])[O-].[O-][Cl+3]([O-])([O-])[O-].[O-][Cl+3]([O-])([O-])[O-].[O-][Cl+3]([O-])([O-])[O-]. The second-order valence-electron chi connectivity index (χ2n) is 10.5. The Morgan fingerprint density at radius 1 is 0.306 bits per heavy atom. The molecule has 2 saturated heterocycles. The van der Waals surface area contributed by atoms with E-state index < -0.39 is 41.0 Å². The van der Waals surface area contributed by atoms with Gasteiger partial charge in [-0.3, -0.25) is 0 Å². The Hall–Kier alpha value is 1.32. The molecule has 2 fully saturated rings. The van der Waals surface area contributed by atoms with Crippen LogP contribution in [0.3, 0.4) is 0 Å². The van der Waals surface area contributed by atoms with E-state index in [2.05, 4.69) is 57.6 Å². The van der Waals surface area contributed by atoms with E-state index >= 15 is 0 Å². The van der Waals surface area contributed by atoms with E-state index in [1.807, 2.05) is 0 Å². The summed E-state index contributed by atoms with van der Waals surface area (Å²) in [5, 5.41) is 0.